The first-order chi connectivity index (χ1) is 12.9. The van der Waals surface area contributed by atoms with E-state index in [9.17, 15) is 14.4 Å². The molecule has 0 spiro atoms. The Balaban J connectivity index is 2.64. The molecule has 144 valence electrons. The molecule has 0 saturated carbocycles. The Kier molecular flexibility index (Phi) is 7.44. The molecule has 2 rings (SSSR count). The van der Waals surface area contributed by atoms with Crippen LogP contribution in [0.4, 0.5) is 11.4 Å². The molecular formula is C19H21NO5S2. The number of hydrogen-bond acceptors (Lipinski definition) is 8. The second-order valence-electron chi connectivity index (χ2n) is 5.34. The average molecular weight is 408 g/mol. The number of ketones is 1. The molecular weight excluding hydrogens is 386 g/mol. The Morgan fingerprint density at radius 2 is 1.70 bits per heavy atom. The number of hydrogen-bond donors (Lipinski definition) is 1. The van der Waals surface area contributed by atoms with Crippen molar-refractivity contribution in [2.75, 3.05) is 24.8 Å². The number of anilines is 2. The molecule has 1 aromatic carbocycles. The molecule has 1 aromatic heterocycles. The van der Waals surface area contributed by atoms with Crippen molar-refractivity contribution in [3.63, 3.8) is 0 Å². The molecule has 1 N–H and O–H groups in total. The second kappa shape index (κ2) is 9.57. The third-order valence-electron chi connectivity index (χ3n) is 3.57. The van der Waals surface area contributed by atoms with Gasteiger partial charge >= 0.3 is 11.9 Å². The maximum absolute atomic E-state index is 12.6. The number of Topliss-reactive ketones (excluding diaryl/α,β-unsaturated/α-hetero) is 1. The zero-order chi connectivity index (χ0) is 20.0. The van der Waals surface area contributed by atoms with Crippen molar-refractivity contribution in [3.8, 4) is 0 Å². The van der Waals surface area contributed by atoms with Crippen LogP contribution in [0.2, 0.25) is 0 Å². The zero-order valence-corrected chi connectivity index (χ0v) is 17.2. The number of rotatable bonds is 8. The van der Waals surface area contributed by atoms with E-state index in [1.165, 1.54) is 18.7 Å². The van der Waals surface area contributed by atoms with Crippen LogP contribution in [0.5, 0.6) is 0 Å². The summed E-state index contributed by atoms with van der Waals surface area (Å²) in [5.41, 5.74) is 1.54. The molecule has 0 aliphatic carbocycles. The van der Waals surface area contributed by atoms with Crippen molar-refractivity contribution in [1.29, 1.82) is 0 Å². The van der Waals surface area contributed by atoms with Gasteiger partial charge in [-0.2, -0.15) is 0 Å². The molecule has 0 atom stereocenters. The lowest BCUT2D eigenvalue weighted by molar-refractivity contribution is 0.0524. The highest BCUT2D eigenvalue weighted by Gasteiger charge is 2.29. The van der Waals surface area contributed by atoms with Crippen LogP contribution in [0, 0.1) is 0 Å². The standard InChI is InChI=1S/C19H21NO5S2/c1-5-24-17(22)14-15(16(18(23)25-6-2)27-19(14)26-4)20-13-10-8-7-9-12(13)11(3)21/h7-10,20H,5-6H2,1-4H3. The van der Waals surface area contributed by atoms with E-state index in [0.29, 0.717) is 21.1 Å². The first-order valence-corrected chi connectivity index (χ1v) is 10.4. The minimum atomic E-state index is -0.531. The van der Waals surface area contributed by atoms with Gasteiger partial charge in [0.15, 0.2) is 5.78 Å². The molecule has 0 bridgehead atoms. The third-order valence-corrected chi connectivity index (χ3v) is 5.86. The van der Waals surface area contributed by atoms with Crippen molar-refractivity contribution in [2.24, 2.45) is 0 Å². The predicted octanol–water partition coefficient (Wildman–Crippen LogP) is 4.77. The van der Waals surface area contributed by atoms with E-state index in [1.807, 2.05) is 6.26 Å². The van der Waals surface area contributed by atoms with E-state index >= 15 is 0 Å². The van der Waals surface area contributed by atoms with Crippen molar-refractivity contribution < 1.29 is 23.9 Å². The van der Waals surface area contributed by atoms with Crippen molar-refractivity contribution in [2.45, 2.75) is 25.0 Å². The van der Waals surface area contributed by atoms with Crippen LogP contribution in [-0.2, 0) is 9.47 Å². The Labute approximate surface area is 166 Å². The summed E-state index contributed by atoms with van der Waals surface area (Å²) in [5, 5.41) is 3.10. The van der Waals surface area contributed by atoms with Crippen molar-refractivity contribution >= 4 is 52.2 Å². The van der Waals surface area contributed by atoms with E-state index in [2.05, 4.69) is 5.32 Å². The monoisotopic (exact) mass is 407 g/mol. The fourth-order valence-electron chi connectivity index (χ4n) is 2.44. The Bertz CT molecular complexity index is 860. The largest absolute Gasteiger partial charge is 0.462 e. The lowest BCUT2D eigenvalue weighted by Crippen LogP contribution is -2.11. The average Bonchev–Trinajstić information content (AvgIpc) is 3.01. The summed E-state index contributed by atoms with van der Waals surface area (Å²) in [6.07, 6.45) is 1.82. The van der Waals surface area contributed by atoms with Gasteiger partial charge in [-0.05, 0) is 39.2 Å². The second-order valence-corrected chi connectivity index (χ2v) is 7.44. The summed E-state index contributed by atoms with van der Waals surface area (Å²) in [6.45, 7) is 5.31. The van der Waals surface area contributed by atoms with Crippen LogP contribution in [0.25, 0.3) is 0 Å². The van der Waals surface area contributed by atoms with Crippen molar-refractivity contribution in [3.05, 3.63) is 40.3 Å². The number of benzene rings is 1. The molecule has 0 unspecified atom stereocenters. The van der Waals surface area contributed by atoms with Crippen LogP contribution < -0.4 is 5.32 Å². The van der Waals surface area contributed by atoms with Crippen molar-refractivity contribution in [1.82, 2.24) is 0 Å². The van der Waals surface area contributed by atoms with Crippen LogP contribution in [0.1, 0.15) is 51.2 Å². The molecule has 0 aliphatic rings. The van der Waals surface area contributed by atoms with Gasteiger partial charge in [-0.1, -0.05) is 12.1 Å². The van der Waals surface area contributed by atoms with Gasteiger partial charge in [-0.15, -0.1) is 23.1 Å². The van der Waals surface area contributed by atoms with Gasteiger partial charge in [0.25, 0.3) is 0 Å². The summed E-state index contributed by atoms with van der Waals surface area (Å²) in [6, 6.07) is 6.92. The normalized spacial score (nSPS) is 10.4. The fraction of sp³-hybridized carbons (Fsp3) is 0.316. The first-order valence-electron chi connectivity index (χ1n) is 8.36. The maximum Gasteiger partial charge on any atom is 0.350 e. The molecule has 0 radical (unpaired) electrons. The lowest BCUT2D eigenvalue weighted by Gasteiger charge is -2.13. The highest BCUT2D eigenvalue weighted by Crippen LogP contribution is 2.41. The summed E-state index contributed by atoms with van der Waals surface area (Å²) in [5.74, 6) is -1.19. The van der Waals surface area contributed by atoms with Crippen LogP contribution in [-0.4, -0.2) is 37.2 Å². The lowest BCUT2D eigenvalue weighted by atomic mass is 10.1. The van der Waals surface area contributed by atoms with Gasteiger partial charge in [0.1, 0.15) is 10.4 Å². The van der Waals surface area contributed by atoms with Gasteiger partial charge in [-0.3, -0.25) is 4.79 Å². The Morgan fingerprint density at radius 1 is 1.07 bits per heavy atom. The predicted molar refractivity (Wildman–Crippen MR) is 108 cm³/mol. The van der Waals surface area contributed by atoms with Crippen LogP contribution in [0.15, 0.2) is 28.5 Å². The summed E-state index contributed by atoms with van der Waals surface area (Å²) in [7, 11) is 0. The van der Waals surface area contributed by atoms with Gasteiger partial charge in [0.05, 0.1) is 23.1 Å². The quantitative estimate of drug-likeness (QED) is 0.383. The van der Waals surface area contributed by atoms with Gasteiger partial charge in [-0.25, -0.2) is 9.59 Å². The van der Waals surface area contributed by atoms with E-state index < -0.39 is 11.9 Å². The Hall–Kier alpha value is -2.32. The molecule has 0 fully saturated rings. The van der Waals surface area contributed by atoms with Crippen LogP contribution >= 0.6 is 23.1 Å². The molecule has 27 heavy (non-hydrogen) atoms. The van der Waals surface area contributed by atoms with Gasteiger partial charge < -0.3 is 14.8 Å². The molecule has 8 heteroatoms. The number of carbonyl (C=O) groups is 3. The van der Waals surface area contributed by atoms with E-state index in [4.69, 9.17) is 9.47 Å². The van der Waals surface area contributed by atoms with E-state index in [-0.39, 0.29) is 29.4 Å². The molecule has 0 aliphatic heterocycles. The number of thioether (sulfide) groups is 1. The van der Waals surface area contributed by atoms with Gasteiger partial charge in [0, 0.05) is 11.3 Å². The first kappa shape index (κ1) is 21.0. The molecule has 0 amide bonds. The smallest absolute Gasteiger partial charge is 0.350 e. The SMILES string of the molecule is CCOC(=O)c1sc(SC)c(C(=O)OCC)c1Nc1ccccc1C(C)=O. The number of carbonyl (C=O) groups excluding carboxylic acids is 3. The molecule has 2 aromatic rings. The minimum absolute atomic E-state index is 0.131. The highest BCUT2D eigenvalue weighted by molar-refractivity contribution is 8.00. The zero-order valence-electron chi connectivity index (χ0n) is 15.6. The molecule has 1 heterocycles. The topological polar surface area (TPSA) is 81.7 Å². The van der Waals surface area contributed by atoms with E-state index in [0.717, 1.165) is 11.3 Å². The number of nitrogens with one attached hydrogen (secondary N) is 1. The minimum Gasteiger partial charge on any atom is -0.462 e. The fourth-order valence-corrected chi connectivity index (χ4v) is 4.28. The number of esters is 2. The van der Waals surface area contributed by atoms with Crippen LogP contribution in [0.3, 0.4) is 0 Å². The number of thiophene rings is 1. The maximum atomic E-state index is 12.6. The molecule has 0 saturated heterocycles. The molecule has 6 nitrogen and oxygen atoms in total. The summed E-state index contributed by atoms with van der Waals surface area (Å²) in [4.78, 5) is 37.2. The number of ether oxygens (including phenoxy) is 2. The van der Waals surface area contributed by atoms with E-state index in [1.54, 1.807) is 38.1 Å². The highest BCUT2D eigenvalue weighted by atomic mass is 32.2. The third kappa shape index (κ3) is 4.70. The Morgan fingerprint density at radius 3 is 2.30 bits per heavy atom. The number of para-hydroxylation sites is 1. The summed E-state index contributed by atoms with van der Waals surface area (Å²) < 4.78 is 11.0. The summed E-state index contributed by atoms with van der Waals surface area (Å²) >= 11 is 2.51. The van der Waals surface area contributed by atoms with Gasteiger partial charge in [0.2, 0.25) is 0 Å².